The third kappa shape index (κ3) is 3.07. The Kier molecular flexibility index (Phi) is 4.77. The molecule has 1 fully saturated rings. The van der Waals surface area contributed by atoms with Gasteiger partial charge in [0.05, 0.1) is 13.2 Å². The summed E-state index contributed by atoms with van der Waals surface area (Å²) in [6, 6.07) is 5.32. The van der Waals surface area contributed by atoms with Crippen molar-refractivity contribution < 1.29 is 13.9 Å². The lowest BCUT2D eigenvalue weighted by Gasteiger charge is -2.27. The molecule has 0 aromatic heterocycles. The molecule has 2 rings (SSSR count). The van der Waals surface area contributed by atoms with E-state index < -0.39 is 0 Å². The minimum absolute atomic E-state index is 0.128. The standard InChI is InChI=1S/C15H22FNO2/c1-4-17-15(12-7-8-19-10(12)2)11-5-6-14(18-3)13(16)9-11/h5-6,9-10,12,15,17H,4,7-8H2,1-3H3. The number of ether oxygens (including phenoxy) is 2. The maximum Gasteiger partial charge on any atom is 0.165 e. The third-order valence-corrected chi connectivity index (χ3v) is 3.82. The molecule has 1 N–H and O–H groups in total. The molecule has 1 aromatic rings. The largest absolute Gasteiger partial charge is 0.494 e. The van der Waals surface area contributed by atoms with Crippen LogP contribution in [0.25, 0.3) is 0 Å². The van der Waals surface area contributed by atoms with Gasteiger partial charge in [-0.3, -0.25) is 0 Å². The van der Waals surface area contributed by atoms with Crippen molar-refractivity contribution >= 4 is 0 Å². The number of nitrogens with one attached hydrogen (secondary N) is 1. The summed E-state index contributed by atoms with van der Waals surface area (Å²) in [6.45, 7) is 5.78. The molecule has 0 saturated carbocycles. The van der Waals surface area contributed by atoms with E-state index in [1.165, 1.54) is 7.11 Å². The predicted molar refractivity (Wildman–Crippen MR) is 72.9 cm³/mol. The normalized spacial score (nSPS) is 24.4. The lowest BCUT2D eigenvalue weighted by molar-refractivity contribution is 0.0955. The van der Waals surface area contributed by atoms with E-state index in [4.69, 9.17) is 9.47 Å². The first-order valence-electron chi connectivity index (χ1n) is 6.85. The smallest absolute Gasteiger partial charge is 0.165 e. The maximum absolute atomic E-state index is 13.9. The number of benzene rings is 1. The van der Waals surface area contributed by atoms with Crippen LogP contribution in [0.5, 0.6) is 5.75 Å². The van der Waals surface area contributed by atoms with Gasteiger partial charge >= 0.3 is 0 Å². The molecule has 1 aliphatic rings. The van der Waals surface area contributed by atoms with Crippen molar-refractivity contribution in [3.8, 4) is 5.75 Å². The summed E-state index contributed by atoms with van der Waals surface area (Å²) < 4.78 is 24.4. The van der Waals surface area contributed by atoms with Gasteiger partial charge in [0.1, 0.15) is 0 Å². The Labute approximate surface area is 114 Å². The topological polar surface area (TPSA) is 30.5 Å². The molecule has 4 heteroatoms. The minimum atomic E-state index is -0.311. The maximum atomic E-state index is 13.9. The SMILES string of the molecule is CCNC(c1ccc(OC)c(F)c1)C1CCOC1C. The van der Waals surface area contributed by atoms with Crippen LogP contribution in [0.15, 0.2) is 18.2 Å². The fraction of sp³-hybridized carbons (Fsp3) is 0.600. The number of hydrogen-bond acceptors (Lipinski definition) is 3. The van der Waals surface area contributed by atoms with Gasteiger partial charge in [0.15, 0.2) is 11.6 Å². The van der Waals surface area contributed by atoms with Gasteiger partial charge in [-0.2, -0.15) is 0 Å². The van der Waals surface area contributed by atoms with E-state index in [0.717, 1.165) is 25.1 Å². The second-order valence-electron chi connectivity index (χ2n) is 4.96. The first-order chi connectivity index (χ1) is 9.17. The van der Waals surface area contributed by atoms with Gasteiger partial charge < -0.3 is 14.8 Å². The molecule has 19 heavy (non-hydrogen) atoms. The zero-order valence-corrected chi connectivity index (χ0v) is 11.8. The molecule has 0 amide bonds. The molecule has 106 valence electrons. The highest BCUT2D eigenvalue weighted by Crippen LogP contribution is 2.34. The molecule has 3 nitrogen and oxygen atoms in total. The van der Waals surface area contributed by atoms with E-state index in [2.05, 4.69) is 19.2 Å². The van der Waals surface area contributed by atoms with Crippen LogP contribution in [0.1, 0.15) is 31.9 Å². The Bertz CT molecular complexity index is 425. The van der Waals surface area contributed by atoms with E-state index in [1.54, 1.807) is 12.1 Å². The second-order valence-corrected chi connectivity index (χ2v) is 4.96. The summed E-state index contributed by atoms with van der Waals surface area (Å²) >= 11 is 0. The summed E-state index contributed by atoms with van der Waals surface area (Å²) in [6.07, 6.45) is 1.21. The number of halogens is 1. The molecule has 0 bridgehead atoms. The molecule has 0 spiro atoms. The fourth-order valence-corrected chi connectivity index (χ4v) is 2.80. The highest BCUT2D eigenvalue weighted by atomic mass is 19.1. The Morgan fingerprint density at radius 3 is 2.84 bits per heavy atom. The summed E-state index contributed by atoms with van der Waals surface area (Å²) in [4.78, 5) is 0. The van der Waals surface area contributed by atoms with Crippen molar-refractivity contribution in [3.63, 3.8) is 0 Å². The van der Waals surface area contributed by atoms with Gasteiger partial charge in [0.25, 0.3) is 0 Å². The summed E-state index contributed by atoms with van der Waals surface area (Å²) in [5.41, 5.74) is 0.961. The number of rotatable bonds is 5. The van der Waals surface area contributed by atoms with Crippen molar-refractivity contribution in [3.05, 3.63) is 29.6 Å². The van der Waals surface area contributed by atoms with Crippen LogP contribution in [0, 0.1) is 11.7 Å². The molecule has 3 atom stereocenters. The average Bonchev–Trinajstić information content (AvgIpc) is 2.82. The monoisotopic (exact) mass is 267 g/mol. The number of hydrogen-bond donors (Lipinski definition) is 1. The van der Waals surface area contributed by atoms with Gasteiger partial charge in [-0.25, -0.2) is 4.39 Å². The van der Waals surface area contributed by atoms with E-state index in [9.17, 15) is 4.39 Å². The van der Waals surface area contributed by atoms with Crippen molar-refractivity contribution in [1.29, 1.82) is 0 Å². The molecule has 1 saturated heterocycles. The average molecular weight is 267 g/mol. The van der Waals surface area contributed by atoms with Crippen LogP contribution < -0.4 is 10.1 Å². The van der Waals surface area contributed by atoms with Gasteiger partial charge in [0, 0.05) is 18.6 Å². The van der Waals surface area contributed by atoms with Crippen molar-refractivity contribution in [2.24, 2.45) is 5.92 Å². The predicted octanol–water partition coefficient (Wildman–Crippen LogP) is 2.91. The first kappa shape index (κ1) is 14.3. The van der Waals surface area contributed by atoms with Crippen molar-refractivity contribution in [2.75, 3.05) is 20.3 Å². The van der Waals surface area contributed by atoms with Crippen LogP contribution in [0.2, 0.25) is 0 Å². The van der Waals surface area contributed by atoms with Crippen LogP contribution in [0.4, 0.5) is 4.39 Å². The Morgan fingerprint density at radius 2 is 2.32 bits per heavy atom. The summed E-state index contributed by atoms with van der Waals surface area (Å²) in [5.74, 6) is 0.358. The molecular formula is C15H22FNO2. The summed E-state index contributed by atoms with van der Waals surface area (Å²) in [5, 5.41) is 3.45. The number of methoxy groups -OCH3 is 1. The lowest BCUT2D eigenvalue weighted by atomic mass is 9.88. The van der Waals surface area contributed by atoms with Gasteiger partial charge in [-0.1, -0.05) is 13.0 Å². The summed E-state index contributed by atoms with van der Waals surface area (Å²) in [7, 11) is 1.48. The van der Waals surface area contributed by atoms with Crippen LogP contribution >= 0.6 is 0 Å². The van der Waals surface area contributed by atoms with Crippen molar-refractivity contribution in [1.82, 2.24) is 5.32 Å². The molecule has 3 unspecified atom stereocenters. The Hall–Kier alpha value is -1.13. The van der Waals surface area contributed by atoms with Gasteiger partial charge in [-0.05, 0) is 37.6 Å². The van der Waals surface area contributed by atoms with Crippen LogP contribution in [-0.4, -0.2) is 26.4 Å². The lowest BCUT2D eigenvalue weighted by Crippen LogP contribution is -2.31. The molecule has 1 aromatic carbocycles. The second kappa shape index (κ2) is 6.35. The van der Waals surface area contributed by atoms with Crippen LogP contribution in [-0.2, 0) is 4.74 Å². The first-order valence-corrected chi connectivity index (χ1v) is 6.85. The zero-order valence-electron chi connectivity index (χ0n) is 11.8. The Morgan fingerprint density at radius 1 is 1.53 bits per heavy atom. The Balaban J connectivity index is 2.25. The van der Waals surface area contributed by atoms with Crippen LogP contribution in [0.3, 0.4) is 0 Å². The van der Waals surface area contributed by atoms with Gasteiger partial charge in [0.2, 0.25) is 0 Å². The van der Waals surface area contributed by atoms with E-state index in [-0.39, 0.29) is 23.7 Å². The molecular weight excluding hydrogens is 245 g/mol. The third-order valence-electron chi connectivity index (χ3n) is 3.82. The van der Waals surface area contributed by atoms with E-state index in [1.807, 2.05) is 6.07 Å². The highest BCUT2D eigenvalue weighted by molar-refractivity contribution is 5.31. The molecule has 0 aliphatic carbocycles. The molecule has 1 aliphatic heterocycles. The van der Waals surface area contributed by atoms with Gasteiger partial charge in [-0.15, -0.1) is 0 Å². The van der Waals surface area contributed by atoms with Crippen molar-refractivity contribution in [2.45, 2.75) is 32.4 Å². The zero-order chi connectivity index (χ0) is 13.8. The van der Waals surface area contributed by atoms with E-state index >= 15 is 0 Å². The fourth-order valence-electron chi connectivity index (χ4n) is 2.80. The minimum Gasteiger partial charge on any atom is -0.494 e. The molecule has 1 heterocycles. The van der Waals surface area contributed by atoms with E-state index in [0.29, 0.717) is 5.92 Å². The quantitative estimate of drug-likeness (QED) is 0.889. The molecule has 0 radical (unpaired) electrons. The highest BCUT2D eigenvalue weighted by Gasteiger charge is 2.32.